The van der Waals surface area contributed by atoms with Gasteiger partial charge in [-0.1, -0.05) is 31.5 Å². The van der Waals surface area contributed by atoms with Crippen molar-refractivity contribution in [3.63, 3.8) is 0 Å². The zero-order chi connectivity index (χ0) is 27.9. The first-order valence-corrected chi connectivity index (χ1v) is 13.2. The van der Waals surface area contributed by atoms with Gasteiger partial charge in [0.05, 0.1) is 6.42 Å². The number of amides is 4. The topological polar surface area (TPSA) is 131 Å². The van der Waals surface area contributed by atoms with Gasteiger partial charge in [0.1, 0.15) is 17.7 Å². The van der Waals surface area contributed by atoms with E-state index in [1.165, 1.54) is 0 Å². The van der Waals surface area contributed by atoms with E-state index in [0.29, 0.717) is 0 Å². The van der Waals surface area contributed by atoms with Crippen LogP contribution in [0.1, 0.15) is 95.9 Å². The number of nitrogens with two attached hydrogens (primary N) is 1. The summed E-state index contributed by atoms with van der Waals surface area (Å²) in [5, 5.41) is 5.63. The van der Waals surface area contributed by atoms with Gasteiger partial charge in [0.2, 0.25) is 17.7 Å². The van der Waals surface area contributed by atoms with Crippen molar-refractivity contribution in [2.45, 2.75) is 117 Å². The van der Waals surface area contributed by atoms with Crippen LogP contribution in [0.4, 0.5) is 4.79 Å². The molecule has 9 heteroatoms. The molecule has 206 valence electrons. The van der Waals surface area contributed by atoms with Crippen molar-refractivity contribution in [1.29, 1.82) is 0 Å². The van der Waals surface area contributed by atoms with E-state index in [0.717, 1.165) is 48.8 Å². The van der Waals surface area contributed by atoms with Gasteiger partial charge in [-0.15, -0.1) is 0 Å². The predicted molar refractivity (Wildman–Crippen MR) is 143 cm³/mol. The van der Waals surface area contributed by atoms with Crippen LogP contribution < -0.4 is 16.4 Å². The van der Waals surface area contributed by atoms with Crippen molar-refractivity contribution in [3.8, 4) is 0 Å². The number of benzene rings is 1. The van der Waals surface area contributed by atoms with Crippen molar-refractivity contribution in [2.24, 2.45) is 5.73 Å². The first kappa shape index (κ1) is 30.1. The lowest BCUT2D eigenvalue weighted by molar-refractivity contribution is -0.148. The minimum absolute atomic E-state index is 0.0797. The number of carbonyl (C=O) groups is 4. The van der Waals surface area contributed by atoms with Crippen molar-refractivity contribution >= 4 is 23.8 Å². The van der Waals surface area contributed by atoms with E-state index < -0.39 is 42.0 Å². The predicted octanol–water partition coefficient (Wildman–Crippen LogP) is 3.80. The smallest absolute Gasteiger partial charge is 0.408 e. The highest BCUT2D eigenvalue weighted by Crippen LogP contribution is 2.36. The molecule has 1 aromatic rings. The number of rotatable bonds is 11. The van der Waals surface area contributed by atoms with Crippen LogP contribution in [0.15, 0.2) is 18.2 Å². The van der Waals surface area contributed by atoms with E-state index in [4.69, 9.17) is 10.5 Å². The van der Waals surface area contributed by atoms with E-state index in [-0.39, 0.29) is 18.0 Å². The Morgan fingerprint density at radius 2 is 1.70 bits per heavy atom. The zero-order valence-corrected chi connectivity index (χ0v) is 23.3. The van der Waals surface area contributed by atoms with Crippen LogP contribution >= 0.6 is 0 Å². The minimum atomic E-state index is -1.26. The Morgan fingerprint density at radius 1 is 1.11 bits per heavy atom. The van der Waals surface area contributed by atoms with E-state index in [2.05, 4.69) is 10.6 Å². The minimum Gasteiger partial charge on any atom is -0.444 e. The summed E-state index contributed by atoms with van der Waals surface area (Å²) in [5.41, 5.74) is 7.18. The third-order valence-electron chi connectivity index (χ3n) is 6.57. The molecule has 1 fully saturated rings. The summed E-state index contributed by atoms with van der Waals surface area (Å²) in [6, 6.07) is 3.28. The summed E-state index contributed by atoms with van der Waals surface area (Å²) in [7, 11) is 0. The monoisotopic (exact) mass is 516 g/mol. The van der Waals surface area contributed by atoms with E-state index >= 15 is 0 Å². The van der Waals surface area contributed by atoms with Crippen molar-refractivity contribution in [2.75, 3.05) is 0 Å². The van der Waals surface area contributed by atoms with Crippen molar-refractivity contribution in [1.82, 2.24) is 15.5 Å². The van der Waals surface area contributed by atoms with Crippen LogP contribution in [-0.4, -0.2) is 52.4 Å². The Bertz CT molecular complexity index is 963. The molecule has 0 saturated heterocycles. The fourth-order valence-electron chi connectivity index (χ4n) is 4.70. The Morgan fingerprint density at radius 3 is 2.16 bits per heavy atom. The number of primary amides is 1. The lowest BCUT2D eigenvalue weighted by Gasteiger charge is -2.44. The number of hydrogen-bond donors (Lipinski definition) is 3. The fraction of sp³-hybridized carbons (Fsp3) is 0.643. The molecule has 0 aromatic heterocycles. The number of alkyl carbamates (subject to hydrolysis) is 1. The molecule has 0 radical (unpaired) electrons. The average molecular weight is 517 g/mol. The quantitative estimate of drug-likeness (QED) is 0.412. The second-order valence-corrected chi connectivity index (χ2v) is 11.1. The second-order valence-electron chi connectivity index (χ2n) is 11.1. The average Bonchev–Trinajstić information content (AvgIpc) is 2.71. The standard InChI is InChI=1S/C28H44N4O5/c1-8-11-19(4)30-25(34)24(23-17(2)12-9-13-18(23)3)32(20-14-10-15-20)26(35)21(16-22(29)33)31-27(36)37-28(5,6)7/h9,12-13,19-21,24H,8,10-11,14-16H2,1-7H3,(H2,29,33)(H,30,34)(H,31,36). The van der Waals surface area contributed by atoms with Gasteiger partial charge in [-0.2, -0.15) is 0 Å². The van der Waals surface area contributed by atoms with Gasteiger partial charge in [-0.3, -0.25) is 14.4 Å². The van der Waals surface area contributed by atoms with Crippen LogP contribution in [-0.2, 0) is 19.1 Å². The largest absolute Gasteiger partial charge is 0.444 e. The molecule has 4 amide bonds. The molecule has 0 bridgehead atoms. The van der Waals surface area contributed by atoms with Crippen LogP contribution in [0, 0.1) is 13.8 Å². The summed E-state index contributed by atoms with van der Waals surface area (Å²) >= 11 is 0. The number of carbonyl (C=O) groups excluding carboxylic acids is 4. The number of aryl methyl sites for hydroxylation is 2. The molecule has 2 rings (SSSR count). The number of nitrogens with one attached hydrogen (secondary N) is 2. The molecule has 0 spiro atoms. The maximum Gasteiger partial charge on any atom is 0.408 e. The Balaban J connectivity index is 2.56. The molecule has 0 aliphatic heterocycles. The fourth-order valence-corrected chi connectivity index (χ4v) is 4.70. The first-order valence-electron chi connectivity index (χ1n) is 13.2. The third-order valence-corrected chi connectivity index (χ3v) is 6.57. The molecule has 1 aliphatic rings. The summed E-state index contributed by atoms with van der Waals surface area (Å²) < 4.78 is 5.34. The van der Waals surface area contributed by atoms with Gasteiger partial charge in [0.15, 0.2) is 0 Å². The maximum atomic E-state index is 14.1. The second kappa shape index (κ2) is 12.9. The van der Waals surface area contributed by atoms with Crippen molar-refractivity contribution < 1.29 is 23.9 Å². The summed E-state index contributed by atoms with van der Waals surface area (Å²) in [6.07, 6.45) is 2.83. The van der Waals surface area contributed by atoms with Crippen LogP contribution in [0.3, 0.4) is 0 Å². The molecule has 1 aliphatic carbocycles. The summed E-state index contributed by atoms with van der Waals surface area (Å²) in [6.45, 7) is 12.9. The number of nitrogens with zero attached hydrogens (tertiary/aromatic N) is 1. The van der Waals surface area contributed by atoms with Gasteiger partial charge in [0, 0.05) is 12.1 Å². The Labute approximate surface area is 220 Å². The number of ether oxygens (including phenoxy) is 1. The molecule has 0 heterocycles. The highest BCUT2D eigenvalue weighted by Gasteiger charge is 2.43. The molecular formula is C28H44N4O5. The maximum absolute atomic E-state index is 14.1. The lowest BCUT2D eigenvalue weighted by Crippen LogP contribution is -2.58. The summed E-state index contributed by atoms with van der Waals surface area (Å²) in [4.78, 5) is 54.1. The van der Waals surface area contributed by atoms with E-state index in [9.17, 15) is 19.2 Å². The van der Waals surface area contributed by atoms with Gasteiger partial charge < -0.3 is 26.0 Å². The third kappa shape index (κ3) is 8.47. The Kier molecular flexibility index (Phi) is 10.5. The van der Waals surface area contributed by atoms with Gasteiger partial charge in [-0.25, -0.2) is 4.79 Å². The Hall–Kier alpha value is -3.10. The molecule has 1 saturated carbocycles. The van der Waals surface area contributed by atoms with Gasteiger partial charge in [-0.05, 0) is 83.9 Å². The molecule has 1 aromatic carbocycles. The first-order chi connectivity index (χ1) is 17.2. The molecule has 3 unspecified atom stereocenters. The van der Waals surface area contributed by atoms with Crippen LogP contribution in [0.25, 0.3) is 0 Å². The van der Waals surface area contributed by atoms with E-state index in [1.54, 1.807) is 25.7 Å². The van der Waals surface area contributed by atoms with Gasteiger partial charge in [0.25, 0.3) is 0 Å². The number of hydrogen-bond acceptors (Lipinski definition) is 5. The van der Waals surface area contributed by atoms with E-state index in [1.807, 2.05) is 45.9 Å². The van der Waals surface area contributed by atoms with Crippen LogP contribution in [0.2, 0.25) is 0 Å². The molecule has 9 nitrogen and oxygen atoms in total. The van der Waals surface area contributed by atoms with Gasteiger partial charge >= 0.3 is 6.09 Å². The normalized spacial score (nSPS) is 16.1. The highest BCUT2D eigenvalue weighted by molar-refractivity contribution is 5.95. The van der Waals surface area contributed by atoms with Crippen molar-refractivity contribution in [3.05, 3.63) is 34.9 Å². The summed E-state index contributed by atoms with van der Waals surface area (Å²) in [5.74, 6) is -1.55. The zero-order valence-electron chi connectivity index (χ0n) is 23.3. The lowest BCUT2D eigenvalue weighted by atomic mass is 9.86. The highest BCUT2D eigenvalue weighted by atomic mass is 16.6. The SMILES string of the molecule is CCCC(C)NC(=O)C(c1c(C)cccc1C)N(C(=O)C(CC(N)=O)NC(=O)OC(C)(C)C)C1CCC1. The molecule has 4 N–H and O–H groups in total. The molecule has 37 heavy (non-hydrogen) atoms. The van der Waals surface area contributed by atoms with Crippen LogP contribution in [0.5, 0.6) is 0 Å². The molecular weight excluding hydrogens is 472 g/mol. The molecule has 3 atom stereocenters.